The summed E-state index contributed by atoms with van der Waals surface area (Å²) < 4.78 is 11.4. The lowest BCUT2D eigenvalue weighted by atomic mass is 9.87. The van der Waals surface area contributed by atoms with Crippen LogP contribution in [0.25, 0.3) is 0 Å². The Labute approximate surface area is 121 Å². The SMILES string of the molecule is CNCc1ccc(COc2ccc(C(C)(C)C)cc2)o1. The fourth-order valence-corrected chi connectivity index (χ4v) is 1.97. The summed E-state index contributed by atoms with van der Waals surface area (Å²) >= 11 is 0. The Hall–Kier alpha value is -1.74. The largest absolute Gasteiger partial charge is 0.486 e. The third-order valence-corrected chi connectivity index (χ3v) is 3.17. The van der Waals surface area contributed by atoms with Crippen molar-refractivity contribution in [3.63, 3.8) is 0 Å². The second-order valence-electron chi connectivity index (χ2n) is 5.96. The topological polar surface area (TPSA) is 34.4 Å². The molecule has 0 amide bonds. The van der Waals surface area contributed by atoms with Crippen molar-refractivity contribution in [2.24, 2.45) is 0 Å². The van der Waals surface area contributed by atoms with Gasteiger partial charge in [-0.1, -0.05) is 32.9 Å². The fourth-order valence-electron chi connectivity index (χ4n) is 1.97. The molecule has 1 aromatic carbocycles. The summed E-state index contributed by atoms with van der Waals surface area (Å²) in [5.74, 6) is 2.63. The van der Waals surface area contributed by atoms with Crippen molar-refractivity contribution in [2.75, 3.05) is 7.05 Å². The normalized spacial score (nSPS) is 11.6. The minimum Gasteiger partial charge on any atom is -0.486 e. The summed E-state index contributed by atoms with van der Waals surface area (Å²) in [6.45, 7) is 7.80. The Morgan fingerprint density at radius 1 is 1.00 bits per heavy atom. The number of furan rings is 1. The average molecular weight is 273 g/mol. The molecule has 0 fully saturated rings. The maximum absolute atomic E-state index is 5.74. The molecule has 0 aliphatic heterocycles. The van der Waals surface area contributed by atoms with Crippen LogP contribution in [0.15, 0.2) is 40.8 Å². The zero-order valence-corrected chi connectivity index (χ0v) is 12.7. The Kier molecular flexibility index (Phi) is 4.50. The highest BCUT2D eigenvalue weighted by Crippen LogP contribution is 2.24. The molecule has 1 N–H and O–H groups in total. The Morgan fingerprint density at radius 3 is 2.25 bits per heavy atom. The van der Waals surface area contributed by atoms with Crippen molar-refractivity contribution in [1.29, 1.82) is 0 Å². The molecule has 0 atom stereocenters. The summed E-state index contributed by atoms with van der Waals surface area (Å²) in [7, 11) is 1.90. The van der Waals surface area contributed by atoms with E-state index >= 15 is 0 Å². The van der Waals surface area contributed by atoms with Crippen LogP contribution in [0.1, 0.15) is 37.9 Å². The van der Waals surface area contributed by atoms with Gasteiger partial charge in [0.05, 0.1) is 6.54 Å². The molecule has 3 nitrogen and oxygen atoms in total. The Morgan fingerprint density at radius 2 is 1.65 bits per heavy atom. The lowest BCUT2D eigenvalue weighted by Gasteiger charge is -2.19. The molecule has 3 heteroatoms. The van der Waals surface area contributed by atoms with E-state index in [1.54, 1.807) is 0 Å². The van der Waals surface area contributed by atoms with Gasteiger partial charge in [-0.3, -0.25) is 0 Å². The first-order chi connectivity index (χ1) is 9.49. The van der Waals surface area contributed by atoms with Gasteiger partial charge in [-0.2, -0.15) is 0 Å². The van der Waals surface area contributed by atoms with Crippen LogP contribution in [0.4, 0.5) is 0 Å². The number of rotatable bonds is 5. The first kappa shape index (κ1) is 14.7. The highest BCUT2D eigenvalue weighted by Gasteiger charge is 2.13. The van der Waals surface area contributed by atoms with Gasteiger partial charge in [0.2, 0.25) is 0 Å². The number of benzene rings is 1. The predicted octanol–water partition coefficient (Wildman–Crippen LogP) is 3.88. The van der Waals surface area contributed by atoms with E-state index in [4.69, 9.17) is 9.15 Å². The van der Waals surface area contributed by atoms with Crippen LogP contribution in [0.2, 0.25) is 0 Å². The summed E-state index contributed by atoms with van der Waals surface area (Å²) in [4.78, 5) is 0. The average Bonchev–Trinajstić information content (AvgIpc) is 2.84. The number of ether oxygens (including phenoxy) is 1. The van der Waals surface area contributed by atoms with Gasteiger partial charge in [0.25, 0.3) is 0 Å². The van der Waals surface area contributed by atoms with Gasteiger partial charge < -0.3 is 14.5 Å². The van der Waals surface area contributed by atoms with Crippen molar-refractivity contribution in [1.82, 2.24) is 5.32 Å². The van der Waals surface area contributed by atoms with Crippen molar-refractivity contribution >= 4 is 0 Å². The lowest BCUT2D eigenvalue weighted by molar-refractivity contribution is 0.265. The standard InChI is InChI=1S/C17H23NO2/c1-17(2,3)13-5-7-14(8-6-13)19-12-16-10-9-15(20-16)11-18-4/h5-10,18H,11-12H2,1-4H3. The van der Waals surface area contributed by atoms with Crippen molar-refractivity contribution < 1.29 is 9.15 Å². The van der Waals surface area contributed by atoms with Crippen molar-refractivity contribution in [3.8, 4) is 5.75 Å². The van der Waals surface area contributed by atoms with Crippen LogP contribution >= 0.6 is 0 Å². The van der Waals surface area contributed by atoms with Gasteiger partial charge >= 0.3 is 0 Å². The van der Waals surface area contributed by atoms with E-state index in [2.05, 4.69) is 38.2 Å². The minimum absolute atomic E-state index is 0.168. The Bertz CT molecular complexity index is 535. The number of nitrogens with one attached hydrogen (secondary N) is 1. The van der Waals surface area contributed by atoms with Crippen LogP contribution < -0.4 is 10.1 Å². The molecule has 1 aromatic heterocycles. The minimum atomic E-state index is 0.168. The summed E-state index contributed by atoms with van der Waals surface area (Å²) in [6.07, 6.45) is 0. The summed E-state index contributed by atoms with van der Waals surface area (Å²) in [5, 5.41) is 3.06. The molecule has 0 bridgehead atoms. The first-order valence-corrected chi connectivity index (χ1v) is 6.94. The van der Waals surface area contributed by atoms with E-state index in [0.29, 0.717) is 6.61 Å². The fraction of sp³-hybridized carbons (Fsp3) is 0.412. The van der Waals surface area contributed by atoms with E-state index in [0.717, 1.165) is 23.8 Å². The molecule has 2 aromatic rings. The number of hydrogen-bond acceptors (Lipinski definition) is 3. The van der Waals surface area contributed by atoms with Crippen LogP contribution in [0.3, 0.4) is 0 Å². The van der Waals surface area contributed by atoms with Crippen LogP contribution in [-0.2, 0) is 18.6 Å². The second kappa shape index (κ2) is 6.14. The van der Waals surface area contributed by atoms with E-state index in [1.807, 2.05) is 31.3 Å². The van der Waals surface area contributed by atoms with Crippen molar-refractivity contribution in [3.05, 3.63) is 53.5 Å². The molecule has 1 heterocycles. The van der Waals surface area contributed by atoms with Gasteiger partial charge in [0.15, 0.2) is 0 Å². The van der Waals surface area contributed by atoms with Gasteiger partial charge in [0, 0.05) is 0 Å². The molecule has 0 saturated carbocycles. The molecule has 20 heavy (non-hydrogen) atoms. The van der Waals surface area contributed by atoms with E-state index in [-0.39, 0.29) is 5.41 Å². The molecular formula is C17H23NO2. The zero-order valence-electron chi connectivity index (χ0n) is 12.7. The maximum Gasteiger partial charge on any atom is 0.146 e. The first-order valence-electron chi connectivity index (χ1n) is 6.94. The third-order valence-electron chi connectivity index (χ3n) is 3.17. The predicted molar refractivity (Wildman–Crippen MR) is 80.9 cm³/mol. The molecule has 0 aliphatic rings. The van der Waals surface area contributed by atoms with Crippen LogP contribution in [0.5, 0.6) is 5.75 Å². The van der Waals surface area contributed by atoms with E-state index < -0.39 is 0 Å². The maximum atomic E-state index is 5.74. The van der Waals surface area contributed by atoms with Crippen LogP contribution in [-0.4, -0.2) is 7.05 Å². The van der Waals surface area contributed by atoms with Crippen LogP contribution in [0, 0.1) is 0 Å². The molecule has 0 unspecified atom stereocenters. The molecule has 0 radical (unpaired) electrons. The van der Waals surface area contributed by atoms with Gasteiger partial charge in [-0.25, -0.2) is 0 Å². The highest BCUT2D eigenvalue weighted by atomic mass is 16.5. The summed E-state index contributed by atoms with van der Waals surface area (Å²) in [6, 6.07) is 12.2. The summed E-state index contributed by atoms with van der Waals surface area (Å²) in [5.41, 5.74) is 1.47. The third kappa shape index (κ3) is 3.87. The monoisotopic (exact) mass is 273 g/mol. The molecule has 108 valence electrons. The molecular weight excluding hydrogens is 250 g/mol. The van der Waals surface area contributed by atoms with Crippen molar-refractivity contribution in [2.45, 2.75) is 39.3 Å². The quantitative estimate of drug-likeness (QED) is 0.898. The molecule has 2 rings (SSSR count). The van der Waals surface area contributed by atoms with E-state index in [9.17, 15) is 0 Å². The molecule has 0 aliphatic carbocycles. The molecule has 0 saturated heterocycles. The molecule has 0 spiro atoms. The lowest BCUT2D eigenvalue weighted by Crippen LogP contribution is -2.10. The van der Waals surface area contributed by atoms with E-state index in [1.165, 1.54) is 5.56 Å². The Balaban J connectivity index is 1.93. The highest BCUT2D eigenvalue weighted by molar-refractivity contribution is 5.31. The zero-order chi connectivity index (χ0) is 14.6. The van der Waals surface area contributed by atoms with Gasteiger partial charge in [0.1, 0.15) is 23.9 Å². The van der Waals surface area contributed by atoms with Gasteiger partial charge in [-0.05, 0) is 42.3 Å². The van der Waals surface area contributed by atoms with Gasteiger partial charge in [-0.15, -0.1) is 0 Å². The number of hydrogen-bond donors (Lipinski definition) is 1. The second-order valence-corrected chi connectivity index (χ2v) is 5.96. The smallest absolute Gasteiger partial charge is 0.146 e.